The fraction of sp³-hybridized carbons (Fsp3) is 1.00. The van der Waals surface area contributed by atoms with Crippen LogP contribution in [-0.2, 0) is 0 Å². The Hall–Kier alpha value is 0.920. The van der Waals surface area contributed by atoms with Gasteiger partial charge in [0.05, 0.1) is 0 Å². The van der Waals surface area contributed by atoms with Crippen molar-refractivity contribution in [3.05, 3.63) is 0 Å². The highest BCUT2D eigenvalue weighted by Crippen LogP contribution is 1.86. The van der Waals surface area contributed by atoms with Crippen LogP contribution >= 0.6 is 31.9 Å². The van der Waals surface area contributed by atoms with Crippen LogP contribution in [0.4, 0.5) is 0 Å². The molecule has 0 aromatic carbocycles. The van der Waals surface area contributed by atoms with Crippen LogP contribution in [0.5, 0.6) is 0 Å². The van der Waals surface area contributed by atoms with Gasteiger partial charge in [0, 0.05) is 10.7 Å². The molecule has 56 valence electrons. The second kappa shape index (κ2) is 8.92. The standard InChI is InChI=1S/C6H13Br2N/c7-3-1-5-9-6-2-4-8/h9H,1-6H2. The molecule has 0 aromatic heterocycles. The summed E-state index contributed by atoms with van der Waals surface area (Å²) < 4.78 is 0. The van der Waals surface area contributed by atoms with Crippen molar-refractivity contribution in [2.75, 3.05) is 23.7 Å². The maximum absolute atomic E-state index is 3.37. The Kier molecular flexibility index (Phi) is 9.83. The summed E-state index contributed by atoms with van der Waals surface area (Å²) in [6.07, 6.45) is 2.45. The molecular formula is C6H13Br2N. The van der Waals surface area contributed by atoms with E-state index in [0.29, 0.717) is 0 Å². The summed E-state index contributed by atoms with van der Waals surface area (Å²) in [5, 5.41) is 5.54. The summed E-state index contributed by atoms with van der Waals surface area (Å²) in [6, 6.07) is 0. The average Bonchev–Trinajstić information content (AvgIpc) is 1.89. The Morgan fingerprint density at radius 1 is 0.889 bits per heavy atom. The van der Waals surface area contributed by atoms with E-state index in [1.54, 1.807) is 0 Å². The smallest absolute Gasteiger partial charge is 0.00433 e. The van der Waals surface area contributed by atoms with E-state index in [2.05, 4.69) is 37.2 Å². The molecule has 9 heavy (non-hydrogen) atoms. The van der Waals surface area contributed by atoms with Crippen LogP contribution in [0.1, 0.15) is 12.8 Å². The van der Waals surface area contributed by atoms with Gasteiger partial charge in [-0.05, 0) is 25.9 Å². The number of halogens is 2. The van der Waals surface area contributed by atoms with Crippen LogP contribution in [0.3, 0.4) is 0 Å². The molecule has 1 nitrogen and oxygen atoms in total. The van der Waals surface area contributed by atoms with E-state index in [1.165, 1.54) is 12.8 Å². The second-order valence-corrected chi connectivity index (χ2v) is 3.42. The summed E-state index contributed by atoms with van der Waals surface area (Å²) >= 11 is 6.74. The molecule has 0 radical (unpaired) electrons. The van der Waals surface area contributed by atoms with E-state index in [9.17, 15) is 0 Å². The number of hydrogen-bond donors (Lipinski definition) is 1. The maximum atomic E-state index is 3.37. The van der Waals surface area contributed by atoms with E-state index in [0.717, 1.165) is 23.7 Å². The molecule has 0 aliphatic rings. The van der Waals surface area contributed by atoms with Gasteiger partial charge in [-0.3, -0.25) is 0 Å². The molecule has 0 heterocycles. The summed E-state index contributed by atoms with van der Waals surface area (Å²) in [4.78, 5) is 0. The molecule has 0 saturated heterocycles. The molecule has 1 N–H and O–H groups in total. The second-order valence-electron chi connectivity index (χ2n) is 1.84. The Labute approximate surface area is 73.8 Å². The zero-order valence-electron chi connectivity index (χ0n) is 5.50. The first-order valence-corrected chi connectivity index (χ1v) is 5.48. The summed E-state index contributed by atoms with van der Waals surface area (Å²) in [6.45, 7) is 2.27. The summed E-state index contributed by atoms with van der Waals surface area (Å²) in [5.74, 6) is 0. The molecular weight excluding hydrogens is 246 g/mol. The fourth-order valence-corrected chi connectivity index (χ4v) is 1.07. The molecule has 0 saturated carbocycles. The van der Waals surface area contributed by atoms with Gasteiger partial charge >= 0.3 is 0 Å². The predicted molar refractivity (Wildman–Crippen MR) is 49.7 cm³/mol. The van der Waals surface area contributed by atoms with Gasteiger partial charge < -0.3 is 5.32 Å². The van der Waals surface area contributed by atoms with Gasteiger partial charge in [0.2, 0.25) is 0 Å². The van der Waals surface area contributed by atoms with E-state index < -0.39 is 0 Å². The highest BCUT2D eigenvalue weighted by Gasteiger charge is 1.84. The first-order chi connectivity index (χ1) is 4.41. The van der Waals surface area contributed by atoms with E-state index in [-0.39, 0.29) is 0 Å². The van der Waals surface area contributed by atoms with Gasteiger partial charge in [0.25, 0.3) is 0 Å². The molecule has 0 amide bonds. The van der Waals surface area contributed by atoms with Crippen LogP contribution in [0.15, 0.2) is 0 Å². The van der Waals surface area contributed by atoms with Crippen molar-refractivity contribution in [2.45, 2.75) is 12.8 Å². The highest BCUT2D eigenvalue weighted by molar-refractivity contribution is 9.09. The first kappa shape index (κ1) is 9.92. The molecule has 3 heteroatoms. The van der Waals surface area contributed by atoms with Crippen LogP contribution in [0.25, 0.3) is 0 Å². The molecule has 0 spiro atoms. The van der Waals surface area contributed by atoms with Crippen molar-refractivity contribution in [3.63, 3.8) is 0 Å². The minimum atomic E-state index is 1.11. The Balaban J connectivity index is 2.60. The molecule has 0 bridgehead atoms. The fourth-order valence-electron chi connectivity index (χ4n) is 0.509. The monoisotopic (exact) mass is 257 g/mol. The third-order valence-electron chi connectivity index (χ3n) is 0.974. The third kappa shape index (κ3) is 8.92. The van der Waals surface area contributed by atoms with Crippen LogP contribution in [0, 0.1) is 0 Å². The van der Waals surface area contributed by atoms with Gasteiger partial charge in [-0.25, -0.2) is 0 Å². The Bertz CT molecular complexity index is 44.3. The van der Waals surface area contributed by atoms with Crippen molar-refractivity contribution >= 4 is 31.9 Å². The zero-order chi connectivity index (χ0) is 6.95. The molecule has 0 aromatic rings. The maximum Gasteiger partial charge on any atom is 0.00433 e. The predicted octanol–water partition coefficient (Wildman–Crippen LogP) is 2.15. The quantitative estimate of drug-likeness (QED) is 0.569. The molecule has 0 atom stereocenters. The number of hydrogen-bond acceptors (Lipinski definition) is 1. The number of nitrogens with one attached hydrogen (secondary N) is 1. The number of alkyl halides is 2. The van der Waals surface area contributed by atoms with Gasteiger partial charge in [0.15, 0.2) is 0 Å². The largest absolute Gasteiger partial charge is 0.317 e. The Morgan fingerprint density at radius 2 is 1.33 bits per heavy atom. The molecule has 0 unspecified atom stereocenters. The van der Waals surface area contributed by atoms with Gasteiger partial charge in [-0.1, -0.05) is 31.9 Å². The zero-order valence-corrected chi connectivity index (χ0v) is 8.67. The molecule has 0 rings (SSSR count). The Morgan fingerprint density at radius 3 is 1.67 bits per heavy atom. The normalized spacial score (nSPS) is 10.0. The summed E-state index contributed by atoms with van der Waals surface area (Å²) in [5.41, 5.74) is 0. The lowest BCUT2D eigenvalue weighted by Crippen LogP contribution is -2.17. The minimum absolute atomic E-state index is 1.11. The van der Waals surface area contributed by atoms with Crippen molar-refractivity contribution in [1.29, 1.82) is 0 Å². The first-order valence-electron chi connectivity index (χ1n) is 3.24. The molecule has 0 aliphatic heterocycles. The van der Waals surface area contributed by atoms with Gasteiger partial charge in [-0.15, -0.1) is 0 Å². The topological polar surface area (TPSA) is 12.0 Å². The van der Waals surface area contributed by atoms with Crippen LogP contribution in [-0.4, -0.2) is 23.7 Å². The number of rotatable bonds is 6. The van der Waals surface area contributed by atoms with Crippen molar-refractivity contribution in [1.82, 2.24) is 5.32 Å². The van der Waals surface area contributed by atoms with Crippen LogP contribution in [0.2, 0.25) is 0 Å². The van der Waals surface area contributed by atoms with Crippen molar-refractivity contribution < 1.29 is 0 Å². The van der Waals surface area contributed by atoms with Crippen molar-refractivity contribution in [2.24, 2.45) is 0 Å². The SMILES string of the molecule is BrCCCNCCCBr. The van der Waals surface area contributed by atoms with Crippen molar-refractivity contribution in [3.8, 4) is 0 Å². The average molecular weight is 259 g/mol. The molecule has 0 fully saturated rings. The third-order valence-corrected chi connectivity index (χ3v) is 2.10. The lowest BCUT2D eigenvalue weighted by Gasteiger charge is -1.99. The van der Waals surface area contributed by atoms with Crippen LogP contribution < -0.4 is 5.32 Å². The highest BCUT2D eigenvalue weighted by atomic mass is 79.9. The lowest BCUT2D eigenvalue weighted by molar-refractivity contribution is 0.670. The van der Waals surface area contributed by atoms with Gasteiger partial charge in [-0.2, -0.15) is 0 Å². The lowest BCUT2D eigenvalue weighted by atomic mass is 10.4. The summed E-state index contributed by atoms with van der Waals surface area (Å²) in [7, 11) is 0. The van der Waals surface area contributed by atoms with E-state index in [1.807, 2.05) is 0 Å². The minimum Gasteiger partial charge on any atom is -0.317 e. The van der Waals surface area contributed by atoms with Gasteiger partial charge in [0.1, 0.15) is 0 Å². The van der Waals surface area contributed by atoms with E-state index in [4.69, 9.17) is 0 Å². The molecule has 0 aliphatic carbocycles. The van der Waals surface area contributed by atoms with E-state index >= 15 is 0 Å².